The quantitative estimate of drug-likeness (QED) is 0.771. The molecule has 2 amide bonds. The van der Waals surface area contributed by atoms with Crippen molar-refractivity contribution in [2.75, 3.05) is 11.9 Å². The predicted octanol–water partition coefficient (Wildman–Crippen LogP) is 3.78. The molecular formula is C22H21N3O2. The van der Waals surface area contributed by atoms with E-state index >= 15 is 0 Å². The van der Waals surface area contributed by atoms with Crippen LogP contribution >= 0.6 is 0 Å². The molecule has 136 valence electrons. The van der Waals surface area contributed by atoms with E-state index in [0.29, 0.717) is 12.2 Å². The van der Waals surface area contributed by atoms with E-state index < -0.39 is 0 Å². The summed E-state index contributed by atoms with van der Waals surface area (Å²) in [7, 11) is 0. The molecule has 5 heteroatoms. The van der Waals surface area contributed by atoms with Gasteiger partial charge in [0.1, 0.15) is 0 Å². The number of benzene rings is 2. The third kappa shape index (κ3) is 3.40. The standard InChI is InChI=1S/C22H21N3O2/c1-15(16-7-3-2-4-8-16)25-14-18(13-20(25)26)22(27)24-19-11-5-9-17-10-6-12-23-21(17)19/h2-12,15,18H,13-14H2,1H3,(H,24,27)/t15-,18-/m1/s1. The Bertz CT molecular complexity index is 982. The second kappa shape index (κ2) is 7.19. The van der Waals surface area contributed by atoms with Gasteiger partial charge in [-0.25, -0.2) is 0 Å². The molecule has 3 aromatic rings. The van der Waals surface area contributed by atoms with Gasteiger partial charge in [0.25, 0.3) is 0 Å². The van der Waals surface area contributed by atoms with Gasteiger partial charge in [-0.1, -0.05) is 48.5 Å². The van der Waals surface area contributed by atoms with Crippen LogP contribution in [0.25, 0.3) is 10.9 Å². The summed E-state index contributed by atoms with van der Waals surface area (Å²) in [4.78, 5) is 31.5. The molecule has 1 fully saturated rings. The van der Waals surface area contributed by atoms with Gasteiger partial charge in [0.15, 0.2) is 0 Å². The normalized spacial score (nSPS) is 17.9. The highest BCUT2D eigenvalue weighted by Crippen LogP contribution is 2.29. The molecule has 0 aliphatic carbocycles. The maximum atomic E-state index is 12.8. The summed E-state index contributed by atoms with van der Waals surface area (Å²) < 4.78 is 0. The number of likely N-dealkylation sites (tertiary alicyclic amines) is 1. The molecule has 1 N–H and O–H groups in total. The number of amides is 2. The van der Waals surface area contributed by atoms with Crippen LogP contribution in [0.4, 0.5) is 5.69 Å². The van der Waals surface area contributed by atoms with Crippen molar-refractivity contribution in [3.8, 4) is 0 Å². The number of anilines is 1. The fraction of sp³-hybridized carbons (Fsp3) is 0.227. The van der Waals surface area contributed by atoms with E-state index in [4.69, 9.17) is 0 Å². The molecule has 0 spiro atoms. The molecule has 0 unspecified atom stereocenters. The number of hydrogen-bond donors (Lipinski definition) is 1. The minimum Gasteiger partial charge on any atom is -0.335 e. The van der Waals surface area contributed by atoms with E-state index in [1.165, 1.54) is 0 Å². The number of pyridine rings is 1. The van der Waals surface area contributed by atoms with Gasteiger partial charge in [-0.15, -0.1) is 0 Å². The Morgan fingerprint density at radius 1 is 1.11 bits per heavy atom. The first kappa shape index (κ1) is 17.2. The van der Waals surface area contributed by atoms with E-state index in [9.17, 15) is 9.59 Å². The fourth-order valence-corrected chi connectivity index (χ4v) is 3.63. The molecule has 4 rings (SSSR count). The van der Waals surface area contributed by atoms with Gasteiger partial charge in [-0.05, 0) is 24.6 Å². The molecular weight excluding hydrogens is 338 g/mol. The van der Waals surface area contributed by atoms with Crippen LogP contribution in [0.2, 0.25) is 0 Å². The number of fused-ring (bicyclic) bond motifs is 1. The highest BCUT2D eigenvalue weighted by molar-refractivity contribution is 6.03. The van der Waals surface area contributed by atoms with Crippen molar-refractivity contribution in [1.29, 1.82) is 0 Å². The first-order valence-electron chi connectivity index (χ1n) is 9.12. The van der Waals surface area contributed by atoms with Crippen LogP contribution in [-0.4, -0.2) is 28.2 Å². The third-order valence-electron chi connectivity index (χ3n) is 5.17. The summed E-state index contributed by atoms with van der Waals surface area (Å²) in [5, 5.41) is 3.94. The molecule has 5 nitrogen and oxygen atoms in total. The molecule has 2 aromatic carbocycles. The molecule has 2 heterocycles. The van der Waals surface area contributed by atoms with Crippen LogP contribution in [0, 0.1) is 5.92 Å². The Balaban J connectivity index is 1.49. The van der Waals surface area contributed by atoms with Crippen molar-refractivity contribution in [3.05, 3.63) is 72.4 Å². The van der Waals surface area contributed by atoms with Crippen LogP contribution in [0.1, 0.15) is 24.9 Å². The monoisotopic (exact) mass is 359 g/mol. The number of carbonyl (C=O) groups is 2. The van der Waals surface area contributed by atoms with Crippen LogP contribution in [0.15, 0.2) is 66.9 Å². The predicted molar refractivity (Wildman–Crippen MR) is 105 cm³/mol. The van der Waals surface area contributed by atoms with Gasteiger partial charge in [0, 0.05) is 24.5 Å². The van der Waals surface area contributed by atoms with E-state index in [0.717, 1.165) is 16.5 Å². The average molecular weight is 359 g/mol. The number of nitrogens with zero attached hydrogens (tertiary/aromatic N) is 2. The minimum atomic E-state index is -0.359. The van der Waals surface area contributed by atoms with Crippen molar-refractivity contribution in [2.24, 2.45) is 5.92 Å². The number of carbonyl (C=O) groups excluding carboxylic acids is 2. The van der Waals surface area contributed by atoms with Crippen LogP contribution in [0.5, 0.6) is 0 Å². The topological polar surface area (TPSA) is 62.3 Å². The maximum absolute atomic E-state index is 12.8. The molecule has 1 aliphatic rings. The maximum Gasteiger partial charge on any atom is 0.229 e. The second-order valence-corrected chi connectivity index (χ2v) is 6.90. The Morgan fingerprint density at radius 3 is 2.70 bits per heavy atom. The van der Waals surface area contributed by atoms with Crippen molar-refractivity contribution in [2.45, 2.75) is 19.4 Å². The molecule has 1 aliphatic heterocycles. The number of hydrogen-bond acceptors (Lipinski definition) is 3. The second-order valence-electron chi connectivity index (χ2n) is 6.90. The summed E-state index contributed by atoms with van der Waals surface area (Å²) in [5.74, 6) is -0.477. The fourth-order valence-electron chi connectivity index (χ4n) is 3.63. The summed E-state index contributed by atoms with van der Waals surface area (Å²) in [6.07, 6.45) is 1.95. The number of rotatable bonds is 4. The molecule has 0 radical (unpaired) electrons. The smallest absolute Gasteiger partial charge is 0.229 e. The molecule has 27 heavy (non-hydrogen) atoms. The average Bonchev–Trinajstić information content (AvgIpc) is 3.10. The summed E-state index contributed by atoms with van der Waals surface area (Å²) >= 11 is 0. The SMILES string of the molecule is C[C@H](c1ccccc1)N1C[C@H](C(=O)Nc2cccc3cccnc23)CC1=O. The highest BCUT2D eigenvalue weighted by atomic mass is 16.2. The highest BCUT2D eigenvalue weighted by Gasteiger charge is 2.37. The van der Waals surface area contributed by atoms with Gasteiger partial charge in [0.2, 0.25) is 11.8 Å². The first-order valence-corrected chi connectivity index (χ1v) is 9.12. The van der Waals surface area contributed by atoms with Crippen LogP contribution in [0.3, 0.4) is 0 Å². The Hall–Kier alpha value is -3.21. The molecule has 1 aromatic heterocycles. The zero-order chi connectivity index (χ0) is 18.8. The Labute approximate surface area is 158 Å². The summed E-state index contributed by atoms with van der Waals surface area (Å²) in [6, 6.07) is 19.4. The van der Waals surface area contributed by atoms with Crippen molar-refractivity contribution < 1.29 is 9.59 Å². The minimum absolute atomic E-state index is 0.0162. The van der Waals surface area contributed by atoms with E-state index in [1.54, 1.807) is 11.1 Å². The Kier molecular flexibility index (Phi) is 4.59. The number of para-hydroxylation sites is 1. The lowest BCUT2D eigenvalue weighted by Gasteiger charge is -2.25. The Morgan fingerprint density at radius 2 is 1.89 bits per heavy atom. The molecule has 2 atom stereocenters. The zero-order valence-corrected chi connectivity index (χ0v) is 15.1. The number of nitrogens with one attached hydrogen (secondary N) is 1. The van der Waals surface area contributed by atoms with Crippen LogP contribution in [-0.2, 0) is 9.59 Å². The molecule has 0 bridgehead atoms. The van der Waals surface area contributed by atoms with Gasteiger partial charge in [-0.2, -0.15) is 0 Å². The first-order chi connectivity index (χ1) is 13.1. The van der Waals surface area contributed by atoms with Crippen molar-refractivity contribution in [1.82, 2.24) is 9.88 Å². The lowest BCUT2D eigenvalue weighted by Crippen LogP contribution is -2.30. The number of aromatic nitrogens is 1. The summed E-state index contributed by atoms with van der Waals surface area (Å²) in [6.45, 7) is 2.43. The lowest BCUT2D eigenvalue weighted by molar-refractivity contribution is -0.129. The van der Waals surface area contributed by atoms with Gasteiger partial charge in [0.05, 0.1) is 23.2 Å². The van der Waals surface area contributed by atoms with Gasteiger partial charge < -0.3 is 10.2 Å². The van der Waals surface area contributed by atoms with E-state index in [2.05, 4.69) is 10.3 Å². The summed E-state index contributed by atoms with van der Waals surface area (Å²) in [5.41, 5.74) is 2.51. The van der Waals surface area contributed by atoms with Crippen molar-refractivity contribution >= 4 is 28.4 Å². The van der Waals surface area contributed by atoms with Gasteiger partial charge >= 0.3 is 0 Å². The van der Waals surface area contributed by atoms with Gasteiger partial charge in [-0.3, -0.25) is 14.6 Å². The zero-order valence-electron chi connectivity index (χ0n) is 15.1. The molecule has 0 saturated carbocycles. The third-order valence-corrected chi connectivity index (χ3v) is 5.17. The molecule has 1 saturated heterocycles. The lowest BCUT2D eigenvalue weighted by atomic mass is 10.1. The van der Waals surface area contributed by atoms with Crippen LogP contribution < -0.4 is 5.32 Å². The largest absolute Gasteiger partial charge is 0.335 e. The van der Waals surface area contributed by atoms with E-state index in [1.807, 2.05) is 67.6 Å². The van der Waals surface area contributed by atoms with Crippen molar-refractivity contribution in [3.63, 3.8) is 0 Å². The van der Waals surface area contributed by atoms with E-state index in [-0.39, 0.29) is 30.2 Å².